The fourth-order valence-electron chi connectivity index (χ4n) is 3.25. The van der Waals surface area contributed by atoms with E-state index >= 15 is 0 Å². The van der Waals surface area contributed by atoms with Crippen LogP contribution in [0.15, 0.2) is 12.4 Å². The van der Waals surface area contributed by atoms with Crippen LogP contribution < -0.4 is 0 Å². The number of rotatable bonds is 4. The molecular formula is C14H21F2N3O3S. The SMILES string of the molecule is Cn1cc(C2(C)CN(S(=O)(=O)CC3CC(F)(F)C3)CCO2)cn1. The molecule has 130 valence electrons. The average molecular weight is 349 g/mol. The highest BCUT2D eigenvalue weighted by Crippen LogP contribution is 2.43. The van der Waals surface area contributed by atoms with Gasteiger partial charge in [-0.3, -0.25) is 4.68 Å². The smallest absolute Gasteiger partial charge is 0.248 e. The first-order valence-corrected chi connectivity index (χ1v) is 9.19. The van der Waals surface area contributed by atoms with Crippen LogP contribution in [0.3, 0.4) is 0 Å². The molecule has 1 atom stereocenters. The minimum Gasteiger partial charge on any atom is -0.368 e. The van der Waals surface area contributed by atoms with E-state index < -0.39 is 27.5 Å². The summed E-state index contributed by atoms with van der Waals surface area (Å²) in [4.78, 5) is 0. The number of nitrogens with zero attached hydrogens (tertiary/aromatic N) is 3. The zero-order valence-corrected chi connectivity index (χ0v) is 14.0. The quantitative estimate of drug-likeness (QED) is 0.823. The molecule has 2 fully saturated rings. The number of aryl methyl sites for hydroxylation is 1. The van der Waals surface area contributed by atoms with Crippen LogP contribution in [0, 0.1) is 5.92 Å². The van der Waals surface area contributed by atoms with Gasteiger partial charge in [0, 0.05) is 44.7 Å². The second-order valence-electron chi connectivity index (χ2n) is 6.72. The highest BCUT2D eigenvalue weighted by molar-refractivity contribution is 7.89. The van der Waals surface area contributed by atoms with Crippen LogP contribution in [-0.2, 0) is 27.4 Å². The van der Waals surface area contributed by atoms with E-state index in [-0.39, 0.29) is 38.3 Å². The Morgan fingerprint density at radius 2 is 2.13 bits per heavy atom. The minimum atomic E-state index is -3.57. The van der Waals surface area contributed by atoms with Crippen LogP contribution in [0.4, 0.5) is 8.78 Å². The van der Waals surface area contributed by atoms with Gasteiger partial charge < -0.3 is 4.74 Å². The molecule has 3 rings (SSSR count). The van der Waals surface area contributed by atoms with Crippen molar-refractivity contribution >= 4 is 10.0 Å². The summed E-state index contributed by atoms with van der Waals surface area (Å²) in [6, 6.07) is 0. The lowest BCUT2D eigenvalue weighted by atomic mass is 9.83. The van der Waals surface area contributed by atoms with Gasteiger partial charge in [-0.1, -0.05) is 0 Å². The summed E-state index contributed by atoms with van der Waals surface area (Å²) < 4.78 is 59.7. The number of morpholine rings is 1. The molecule has 1 aromatic heterocycles. The summed E-state index contributed by atoms with van der Waals surface area (Å²) in [5.41, 5.74) is 0.0263. The third-order valence-electron chi connectivity index (χ3n) is 4.57. The first-order chi connectivity index (χ1) is 10.6. The normalized spacial score (nSPS) is 29.4. The number of alkyl halides is 2. The minimum absolute atomic E-state index is 0.171. The molecule has 1 unspecified atom stereocenters. The van der Waals surface area contributed by atoms with Crippen molar-refractivity contribution in [2.45, 2.75) is 31.3 Å². The lowest BCUT2D eigenvalue weighted by Gasteiger charge is -2.41. The number of hydrogen-bond donors (Lipinski definition) is 0. The molecule has 6 nitrogen and oxygen atoms in total. The fraction of sp³-hybridized carbons (Fsp3) is 0.786. The van der Waals surface area contributed by atoms with E-state index in [0.29, 0.717) is 0 Å². The zero-order valence-electron chi connectivity index (χ0n) is 13.2. The van der Waals surface area contributed by atoms with Gasteiger partial charge >= 0.3 is 0 Å². The van der Waals surface area contributed by atoms with Gasteiger partial charge in [-0.25, -0.2) is 17.2 Å². The van der Waals surface area contributed by atoms with Gasteiger partial charge in [-0.2, -0.15) is 9.40 Å². The number of ether oxygens (including phenoxy) is 1. The first kappa shape index (κ1) is 16.8. The molecule has 23 heavy (non-hydrogen) atoms. The Morgan fingerprint density at radius 3 is 2.70 bits per heavy atom. The van der Waals surface area contributed by atoms with Crippen molar-refractivity contribution in [3.63, 3.8) is 0 Å². The van der Waals surface area contributed by atoms with E-state index in [1.54, 1.807) is 24.1 Å². The molecule has 0 aromatic carbocycles. The zero-order chi connectivity index (χ0) is 16.9. The monoisotopic (exact) mass is 349 g/mol. The molecule has 0 N–H and O–H groups in total. The van der Waals surface area contributed by atoms with Gasteiger partial charge in [-0.15, -0.1) is 0 Å². The highest BCUT2D eigenvalue weighted by atomic mass is 32.2. The Hall–Kier alpha value is -1.06. The van der Waals surface area contributed by atoms with Crippen LogP contribution >= 0.6 is 0 Å². The van der Waals surface area contributed by atoms with Gasteiger partial charge in [0.15, 0.2) is 0 Å². The first-order valence-electron chi connectivity index (χ1n) is 7.58. The number of hydrogen-bond acceptors (Lipinski definition) is 4. The highest BCUT2D eigenvalue weighted by Gasteiger charge is 2.48. The number of halogens is 2. The topological polar surface area (TPSA) is 64.4 Å². The van der Waals surface area contributed by atoms with E-state index in [9.17, 15) is 17.2 Å². The third kappa shape index (κ3) is 3.41. The lowest BCUT2D eigenvalue weighted by molar-refractivity contribution is -0.104. The molecule has 1 aliphatic heterocycles. The Bertz CT molecular complexity index is 683. The van der Waals surface area contributed by atoms with Crippen LogP contribution in [0.25, 0.3) is 0 Å². The second kappa shape index (κ2) is 5.49. The maximum Gasteiger partial charge on any atom is 0.248 e. The largest absolute Gasteiger partial charge is 0.368 e. The van der Waals surface area contributed by atoms with E-state index in [2.05, 4.69) is 5.10 Å². The van der Waals surface area contributed by atoms with Crippen molar-refractivity contribution in [3.8, 4) is 0 Å². The Balaban J connectivity index is 1.70. The van der Waals surface area contributed by atoms with Crippen LogP contribution in [0.1, 0.15) is 25.3 Å². The van der Waals surface area contributed by atoms with E-state index in [1.807, 2.05) is 6.92 Å². The summed E-state index contributed by atoms with van der Waals surface area (Å²) in [5, 5.41) is 4.10. The summed E-state index contributed by atoms with van der Waals surface area (Å²) in [6.07, 6.45) is 2.78. The van der Waals surface area contributed by atoms with Gasteiger partial charge in [-0.05, 0) is 12.8 Å². The van der Waals surface area contributed by atoms with Crippen LogP contribution in [0.2, 0.25) is 0 Å². The molecule has 1 aromatic rings. The summed E-state index contributed by atoms with van der Waals surface area (Å²) in [6.45, 7) is 2.51. The molecule has 1 saturated carbocycles. The number of sulfonamides is 1. The Labute approximate surface area is 134 Å². The second-order valence-corrected chi connectivity index (χ2v) is 8.74. The predicted molar refractivity (Wildman–Crippen MR) is 79.5 cm³/mol. The van der Waals surface area contributed by atoms with Gasteiger partial charge in [0.1, 0.15) is 5.60 Å². The molecule has 0 spiro atoms. The predicted octanol–water partition coefficient (Wildman–Crippen LogP) is 1.34. The lowest BCUT2D eigenvalue weighted by Crippen LogP contribution is -2.52. The van der Waals surface area contributed by atoms with Crippen molar-refractivity contribution in [1.29, 1.82) is 0 Å². The van der Waals surface area contributed by atoms with Crippen molar-refractivity contribution in [1.82, 2.24) is 14.1 Å². The molecule has 0 amide bonds. The van der Waals surface area contributed by atoms with Crippen molar-refractivity contribution in [3.05, 3.63) is 18.0 Å². The molecule has 1 aliphatic carbocycles. The summed E-state index contributed by atoms with van der Waals surface area (Å²) >= 11 is 0. The average Bonchev–Trinajstić information content (AvgIpc) is 2.84. The van der Waals surface area contributed by atoms with Gasteiger partial charge in [0.25, 0.3) is 0 Å². The molecule has 2 aliphatic rings. The van der Waals surface area contributed by atoms with E-state index in [0.717, 1.165) is 5.56 Å². The molecular weight excluding hydrogens is 328 g/mol. The Kier molecular flexibility index (Phi) is 4.01. The molecule has 1 saturated heterocycles. The maximum atomic E-state index is 12.9. The third-order valence-corrected chi connectivity index (χ3v) is 6.56. The van der Waals surface area contributed by atoms with Crippen LogP contribution in [0.5, 0.6) is 0 Å². The summed E-state index contributed by atoms with van der Waals surface area (Å²) in [7, 11) is -1.79. The standard InChI is InChI=1S/C14H21F2N3O3S/c1-13(12-7-17-18(2)8-12)10-19(3-4-22-13)23(20,21)9-11-5-14(15,16)6-11/h7-8,11H,3-6,9-10H2,1-2H3. The number of aromatic nitrogens is 2. The van der Waals surface area contributed by atoms with Crippen molar-refractivity contribution in [2.24, 2.45) is 13.0 Å². The maximum absolute atomic E-state index is 12.9. The van der Waals surface area contributed by atoms with Gasteiger partial charge in [0.2, 0.25) is 15.9 Å². The van der Waals surface area contributed by atoms with Crippen LogP contribution in [-0.4, -0.2) is 53.9 Å². The van der Waals surface area contributed by atoms with Crippen molar-refractivity contribution < 1.29 is 21.9 Å². The molecule has 9 heteroatoms. The fourth-order valence-corrected chi connectivity index (χ4v) is 5.08. The Morgan fingerprint density at radius 1 is 1.43 bits per heavy atom. The van der Waals surface area contributed by atoms with Crippen molar-refractivity contribution in [2.75, 3.05) is 25.4 Å². The molecule has 0 radical (unpaired) electrons. The van der Waals surface area contributed by atoms with E-state index in [4.69, 9.17) is 4.74 Å². The van der Waals surface area contributed by atoms with Gasteiger partial charge in [0.05, 0.1) is 18.6 Å². The molecule has 2 heterocycles. The van der Waals surface area contributed by atoms with E-state index in [1.165, 1.54) is 4.31 Å². The molecule has 0 bridgehead atoms. The summed E-state index contributed by atoms with van der Waals surface area (Å²) in [5.74, 6) is -3.37.